The second-order valence-corrected chi connectivity index (χ2v) is 5.31. The van der Waals surface area contributed by atoms with Gasteiger partial charge in [0.1, 0.15) is 0 Å². The predicted molar refractivity (Wildman–Crippen MR) is 65.6 cm³/mol. The van der Waals surface area contributed by atoms with Crippen molar-refractivity contribution in [1.29, 1.82) is 0 Å². The number of hydrogen-bond acceptors (Lipinski definition) is 3. The molecular formula is C11H14ClNOS. The van der Waals surface area contributed by atoms with Gasteiger partial charge in [-0.3, -0.25) is 0 Å². The fourth-order valence-electron chi connectivity index (χ4n) is 1.61. The molecule has 4 heteroatoms. The van der Waals surface area contributed by atoms with Gasteiger partial charge in [0.25, 0.3) is 0 Å². The average molecular weight is 244 g/mol. The summed E-state index contributed by atoms with van der Waals surface area (Å²) >= 11 is 7.90. The Labute approximate surface area is 99.1 Å². The number of nitrogens with two attached hydrogens (primary N) is 1. The van der Waals surface area contributed by atoms with Crippen LogP contribution in [0.2, 0.25) is 5.02 Å². The Morgan fingerprint density at radius 3 is 2.73 bits per heavy atom. The van der Waals surface area contributed by atoms with Gasteiger partial charge in [-0.15, -0.1) is 11.8 Å². The van der Waals surface area contributed by atoms with Crippen molar-refractivity contribution in [2.75, 3.05) is 18.9 Å². The van der Waals surface area contributed by atoms with Crippen LogP contribution in [0.25, 0.3) is 0 Å². The minimum atomic E-state index is 0.584. The van der Waals surface area contributed by atoms with Crippen LogP contribution < -0.4 is 5.73 Å². The summed E-state index contributed by atoms with van der Waals surface area (Å²) in [5, 5.41) is 1.34. The fraction of sp³-hybridized carbons (Fsp3) is 0.455. The van der Waals surface area contributed by atoms with E-state index in [0.717, 1.165) is 41.7 Å². The lowest BCUT2D eigenvalue weighted by Crippen LogP contribution is -2.17. The maximum atomic E-state index is 6.12. The SMILES string of the molecule is Nc1cccc(Cl)c1SC1CCOCC1. The first-order valence-electron chi connectivity index (χ1n) is 5.06. The molecule has 1 aliphatic rings. The van der Waals surface area contributed by atoms with Gasteiger partial charge >= 0.3 is 0 Å². The molecule has 1 aliphatic heterocycles. The van der Waals surface area contributed by atoms with Gasteiger partial charge in [-0.05, 0) is 25.0 Å². The zero-order valence-electron chi connectivity index (χ0n) is 8.41. The molecule has 0 bridgehead atoms. The number of hydrogen-bond donors (Lipinski definition) is 1. The molecule has 1 fully saturated rings. The van der Waals surface area contributed by atoms with Crippen molar-refractivity contribution >= 4 is 29.1 Å². The summed E-state index contributed by atoms with van der Waals surface area (Å²) in [5.41, 5.74) is 6.68. The lowest BCUT2D eigenvalue weighted by molar-refractivity contribution is 0.100. The first kappa shape index (κ1) is 11.1. The molecule has 0 unspecified atom stereocenters. The molecule has 0 saturated carbocycles. The molecule has 82 valence electrons. The van der Waals surface area contributed by atoms with Crippen LogP contribution in [-0.4, -0.2) is 18.5 Å². The third kappa shape index (κ3) is 2.80. The van der Waals surface area contributed by atoms with Crippen LogP contribution >= 0.6 is 23.4 Å². The lowest BCUT2D eigenvalue weighted by Gasteiger charge is -2.22. The number of anilines is 1. The van der Waals surface area contributed by atoms with E-state index in [1.807, 2.05) is 18.2 Å². The summed E-state index contributed by atoms with van der Waals surface area (Å²) in [6.45, 7) is 1.70. The summed E-state index contributed by atoms with van der Waals surface area (Å²) < 4.78 is 5.32. The van der Waals surface area contributed by atoms with Gasteiger partial charge in [0.15, 0.2) is 0 Å². The van der Waals surface area contributed by atoms with Gasteiger partial charge in [-0.2, -0.15) is 0 Å². The van der Waals surface area contributed by atoms with E-state index < -0.39 is 0 Å². The molecule has 15 heavy (non-hydrogen) atoms. The Morgan fingerprint density at radius 2 is 2.07 bits per heavy atom. The molecule has 0 radical (unpaired) electrons. The zero-order chi connectivity index (χ0) is 10.7. The van der Waals surface area contributed by atoms with Crippen LogP contribution in [0.5, 0.6) is 0 Å². The highest BCUT2D eigenvalue weighted by molar-refractivity contribution is 8.00. The van der Waals surface area contributed by atoms with E-state index >= 15 is 0 Å². The highest BCUT2D eigenvalue weighted by Gasteiger charge is 2.17. The first-order valence-corrected chi connectivity index (χ1v) is 6.31. The Balaban J connectivity index is 2.09. The molecule has 1 heterocycles. The molecule has 0 atom stereocenters. The molecule has 1 saturated heterocycles. The normalized spacial score (nSPS) is 17.9. The van der Waals surface area contributed by atoms with Gasteiger partial charge < -0.3 is 10.5 Å². The largest absolute Gasteiger partial charge is 0.398 e. The van der Waals surface area contributed by atoms with E-state index in [4.69, 9.17) is 22.1 Å². The Bertz CT molecular complexity index is 319. The minimum Gasteiger partial charge on any atom is -0.398 e. The zero-order valence-corrected chi connectivity index (χ0v) is 9.98. The number of thioether (sulfide) groups is 1. The third-order valence-electron chi connectivity index (χ3n) is 2.45. The van der Waals surface area contributed by atoms with Crippen molar-refractivity contribution in [3.8, 4) is 0 Å². The van der Waals surface area contributed by atoms with Gasteiger partial charge in [0.05, 0.1) is 5.02 Å². The number of rotatable bonds is 2. The third-order valence-corrected chi connectivity index (χ3v) is 4.37. The van der Waals surface area contributed by atoms with Crippen molar-refractivity contribution in [3.63, 3.8) is 0 Å². The maximum Gasteiger partial charge on any atom is 0.0562 e. The van der Waals surface area contributed by atoms with Crippen molar-refractivity contribution in [1.82, 2.24) is 0 Å². The van der Waals surface area contributed by atoms with Gasteiger partial charge in [0, 0.05) is 29.0 Å². The summed E-state index contributed by atoms with van der Waals surface area (Å²) in [7, 11) is 0. The van der Waals surface area contributed by atoms with E-state index in [-0.39, 0.29) is 0 Å². The van der Waals surface area contributed by atoms with Crippen LogP contribution in [0.1, 0.15) is 12.8 Å². The van der Waals surface area contributed by atoms with Crippen LogP contribution in [-0.2, 0) is 4.74 Å². The Morgan fingerprint density at radius 1 is 1.33 bits per heavy atom. The second-order valence-electron chi connectivity index (χ2n) is 3.59. The van der Waals surface area contributed by atoms with E-state index in [1.54, 1.807) is 11.8 Å². The average Bonchev–Trinajstić information content (AvgIpc) is 2.25. The summed E-state index contributed by atoms with van der Waals surface area (Å²) in [4.78, 5) is 1.02. The first-order chi connectivity index (χ1) is 7.27. The Hall–Kier alpha value is -0.380. The highest BCUT2D eigenvalue weighted by Crippen LogP contribution is 2.37. The smallest absolute Gasteiger partial charge is 0.0562 e. The minimum absolute atomic E-state index is 0.584. The molecule has 1 aromatic carbocycles. The van der Waals surface area contributed by atoms with E-state index in [2.05, 4.69) is 0 Å². The van der Waals surface area contributed by atoms with Gasteiger partial charge in [-0.1, -0.05) is 17.7 Å². The van der Waals surface area contributed by atoms with Gasteiger partial charge in [-0.25, -0.2) is 0 Å². The van der Waals surface area contributed by atoms with Crippen molar-refractivity contribution in [2.45, 2.75) is 23.0 Å². The molecule has 2 N–H and O–H groups in total. The molecule has 0 aliphatic carbocycles. The summed E-state index contributed by atoms with van der Waals surface area (Å²) in [6, 6.07) is 5.67. The summed E-state index contributed by atoms with van der Waals surface area (Å²) in [6.07, 6.45) is 2.16. The summed E-state index contributed by atoms with van der Waals surface area (Å²) in [5.74, 6) is 0. The Kier molecular flexibility index (Phi) is 3.78. The van der Waals surface area contributed by atoms with Gasteiger partial charge in [0.2, 0.25) is 0 Å². The van der Waals surface area contributed by atoms with Crippen molar-refractivity contribution < 1.29 is 4.74 Å². The van der Waals surface area contributed by atoms with E-state index in [9.17, 15) is 0 Å². The molecule has 1 aromatic rings. The van der Waals surface area contributed by atoms with Crippen LogP contribution in [0.3, 0.4) is 0 Å². The van der Waals surface area contributed by atoms with E-state index in [1.165, 1.54) is 0 Å². The second kappa shape index (κ2) is 5.10. The van der Waals surface area contributed by atoms with E-state index in [0.29, 0.717) is 5.25 Å². The molecule has 0 amide bonds. The standard InChI is InChI=1S/C11H14ClNOS/c12-9-2-1-3-10(13)11(9)15-8-4-6-14-7-5-8/h1-3,8H,4-7,13H2. The molecule has 0 aromatic heterocycles. The monoisotopic (exact) mass is 243 g/mol. The molecule has 0 spiro atoms. The topological polar surface area (TPSA) is 35.2 Å². The van der Waals surface area contributed by atoms with Crippen LogP contribution in [0.15, 0.2) is 23.1 Å². The number of benzene rings is 1. The molecule has 2 nitrogen and oxygen atoms in total. The fourth-order valence-corrected chi connectivity index (χ4v) is 3.07. The van der Waals surface area contributed by atoms with Crippen molar-refractivity contribution in [2.24, 2.45) is 0 Å². The molecule has 2 rings (SSSR count). The lowest BCUT2D eigenvalue weighted by atomic mass is 10.2. The number of ether oxygens (including phenoxy) is 1. The highest BCUT2D eigenvalue weighted by atomic mass is 35.5. The quantitative estimate of drug-likeness (QED) is 0.811. The maximum absolute atomic E-state index is 6.12. The molecular weight excluding hydrogens is 230 g/mol. The van der Waals surface area contributed by atoms with Crippen LogP contribution in [0, 0.1) is 0 Å². The number of halogens is 1. The van der Waals surface area contributed by atoms with Crippen molar-refractivity contribution in [3.05, 3.63) is 23.2 Å². The van der Waals surface area contributed by atoms with Crippen LogP contribution in [0.4, 0.5) is 5.69 Å². The number of nitrogen functional groups attached to an aromatic ring is 1. The predicted octanol–water partition coefficient (Wildman–Crippen LogP) is 3.19.